The molecule has 1 aromatic carbocycles. The van der Waals surface area contributed by atoms with Gasteiger partial charge in [-0.15, -0.1) is 0 Å². The van der Waals surface area contributed by atoms with E-state index in [4.69, 9.17) is 18.9 Å². The number of hydrogen-bond acceptors (Lipinski definition) is 10. The number of nitrogens with zero attached hydrogens (tertiary/aromatic N) is 1. The van der Waals surface area contributed by atoms with Crippen LogP contribution < -0.4 is 25.4 Å². The van der Waals surface area contributed by atoms with E-state index in [-0.39, 0.29) is 36.0 Å². The van der Waals surface area contributed by atoms with Gasteiger partial charge >= 0.3 is 12.1 Å². The van der Waals surface area contributed by atoms with Gasteiger partial charge in [-0.1, -0.05) is 13.8 Å². The van der Waals surface area contributed by atoms with Crippen molar-refractivity contribution in [2.45, 2.75) is 45.7 Å². The molecule has 1 heterocycles. The number of amides is 3. The maximum atomic E-state index is 13.1. The molecule has 0 aliphatic heterocycles. The average Bonchev–Trinajstić information content (AvgIpc) is 3.43. The van der Waals surface area contributed by atoms with Gasteiger partial charge in [0.1, 0.15) is 12.1 Å². The molecule has 2 atom stereocenters. The topological polar surface area (TPSA) is 187 Å². The van der Waals surface area contributed by atoms with Crippen LogP contribution in [0.1, 0.15) is 43.2 Å². The van der Waals surface area contributed by atoms with Crippen LogP contribution in [0.25, 0.3) is 0 Å². The van der Waals surface area contributed by atoms with Crippen molar-refractivity contribution in [2.75, 3.05) is 27.4 Å². The molecule has 0 saturated carbocycles. The van der Waals surface area contributed by atoms with Gasteiger partial charge in [-0.3, -0.25) is 14.4 Å². The third-order valence-electron chi connectivity index (χ3n) is 5.43. The van der Waals surface area contributed by atoms with E-state index < -0.39 is 48.5 Å². The van der Waals surface area contributed by atoms with Gasteiger partial charge in [-0.2, -0.15) is 0 Å². The maximum Gasteiger partial charge on any atom is 0.513 e. The number of rotatable bonds is 14. The molecule has 4 N–H and O–H groups in total. The fourth-order valence-corrected chi connectivity index (χ4v) is 3.56. The van der Waals surface area contributed by atoms with Gasteiger partial charge in [-0.05, 0) is 37.5 Å². The molecule has 40 heavy (non-hydrogen) atoms. The van der Waals surface area contributed by atoms with E-state index in [1.165, 1.54) is 44.9 Å². The second-order valence-electron chi connectivity index (χ2n) is 8.95. The van der Waals surface area contributed by atoms with Crippen molar-refractivity contribution in [2.24, 2.45) is 5.92 Å². The second-order valence-corrected chi connectivity index (χ2v) is 8.95. The van der Waals surface area contributed by atoms with Crippen molar-refractivity contribution < 1.29 is 42.9 Å². The summed E-state index contributed by atoms with van der Waals surface area (Å²) in [4.78, 5) is 69.0. The molecule has 0 fully saturated rings. The van der Waals surface area contributed by atoms with Crippen LogP contribution in [0.3, 0.4) is 0 Å². The predicted octanol–water partition coefficient (Wildman–Crippen LogP) is 1.11. The Kier molecular flexibility index (Phi) is 12.4. The van der Waals surface area contributed by atoms with Crippen LogP contribution >= 0.6 is 0 Å². The summed E-state index contributed by atoms with van der Waals surface area (Å²) in [6.07, 6.45) is 2.40. The summed E-state index contributed by atoms with van der Waals surface area (Å²) in [5.74, 6) is -2.24. The monoisotopic (exact) mass is 561 g/mol. The lowest BCUT2D eigenvalue weighted by Crippen LogP contribution is -2.54. The molecule has 0 saturated heterocycles. The molecule has 14 heteroatoms. The molecular weight excluding hydrogens is 526 g/mol. The van der Waals surface area contributed by atoms with Gasteiger partial charge in [0.2, 0.25) is 11.8 Å². The number of aromatic amines is 1. The zero-order chi connectivity index (χ0) is 29.7. The Bertz CT molecular complexity index is 1170. The first-order chi connectivity index (χ1) is 19.1. The van der Waals surface area contributed by atoms with E-state index in [2.05, 4.69) is 25.9 Å². The van der Waals surface area contributed by atoms with Gasteiger partial charge in [0.15, 0.2) is 11.5 Å². The minimum Gasteiger partial charge on any atom is -0.493 e. The van der Waals surface area contributed by atoms with E-state index >= 15 is 0 Å². The molecule has 0 aliphatic rings. The van der Waals surface area contributed by atoms with E-state index in [9.17, 15) is 24.0 Å². The zero-order valence-corrected chi connectivity index (χ0v) is 23.1. The SMILES string of the molecule is CCOC(=O)Oc1ccc(C(=O)NCC(=O)N[C@@H](Cc2cnc[nH]2)C(=O)N[C@@H](CC(C)C)C(=O)OC)cc1OC. The number of imidazole rings is 1. The van der Waals surface area contributed by atoms with Crippen molar-refractivity contribution in [3.8, 4) is 11.5 Å². The summed E-state index contributed by atoms with van der Waals surface area (Å²) < 4.78 is 19.7. The molecule has 0 aliphatic carbocycles. The Labute approximate surface area is 231 Å². The van der Waals surface area contributed by atoms with E-state index in [0.29, 0.717) is 12.1 Å². The smallest absolute Gasteiger partial charge is 0.493 e. The molecule has 0 unspecified atom stereocenters. The van der Waals surface area contributed by atoms with Crippen LogP contribution in [0.15, 0.2) is 30.7 Å². The lowest BCUT2D eigenvalue weighted by Gasteiger charge is -2.23. The fourth-order valence-electron chi connectivity index (χ4n) is 3.56. The van der Waals surface area contributed by atoms with Crippen LogP contribution in [-0.2, 0) is 30.3 Å². The van der Waals surface area contributed by atoms with Crippen LogP contribution in [0, 0.1) is 5.92 Å². The summed E-state index contributed by atoms with van der Waals surface area (Å²) in [6, 6.07) is 2.08. The summed E-state index contributed by atoms with van der Waals surface area (Å²) in [7, 11) is 2.56. The number of H-pyrrole nitrogens is 1. The number of esters is 1. The van der Waals surface area contributed by atoms with Crippen molar-refractivity contribution in [1.29, 1.82) is 0 Å². The number of aromatic nitrogens is 2. The minimum atomic E-state index is -1.08. The highest BCUT2D eigenvalue weighted by molar-refractivity contribution is 5.98. The van der Waals surface area contributed by atoms with Crippen molar-refractivity contribution in [3.63, 3.8) is 0 Å². The maximum absolute atomic E-state index is 13.1. The minimum absolute atomic E-state index is 0.0469. The molecule has 3 amide bonds. The van der Waals surface area contributed by atoms with E-state index in [0.717, 1.165) is 0 Å². The fraction of sp³-hybridized carbons (Fsp3) is 0.462. The Morgan fingerprint density at radius 3 is 2.38 bits per heavy atom. The average molecular weight is 562 g/mol. The summed E-state index contributed by atoms with van der Waals surface area (Å²) in [5, 5.41) is 7.68. The number of carbonyl (C=O) groups is 5. The Balaban J connectivity index is 2.06. The molecule has 218 valence electrons. The summed E-state index contributed by atoms with van der Waals surface area (Å²) in [6.45, 7) is 5.08. The molecular formula is C26H35N5O9. The first-order valence-electron chi connectivity index (χ1n) is 12.5. The van der Waals surface area contributed by atoms with Gasteiger partial charge < -0.3 is 39.9 Å². The highest BCUT2D eigenvalue weighted by Crippen LogP contribution is 2.28. The number of benzene rings is 1. The molecule has 0 radical (unpaired) electrons. The quantitative estimate of drug-likeness (QED) is 0.192. The third kappa shape index (κ3) is 9.93. The third-order valence-corrected chi connectivity index (χ3v) is 5.43. The van der Waals surface area contributed by atoms with Gasteiger partial charge in [0.05, 0.1) is 33.7 Å². The van der Waals surface area contributed by atoms with Crippen LogP contribution in [0.5, 0.6) is 11.5 Å². The lowest BCUT2D eigenvalue weighted by molar-refractivity contribution is -0.145. The predicted molar refractivity (Wildman–Crippen MR) is 141 cm³/mol. The normalized spacial score (nSPS) is 12.1. The van der Waals surface area contributed by atoms with Crippen molar-refractivity contribution >= 4 is 29.8 Å². The molecule has 1 aromatic heterocycles. The Morgan fingerprint density at radius 1 is 1.02 bits per heavy atom. The summed E-state index contributed by atoms with van der Waals surface area (Å²) >= 11 is 0. The number of carbonyl (C=O) groups excluding carboxylic acids is 5. The largest absolute Gasteiger partial charge is 0.513 e. The van der Waals surface area contributed by atoms with Crippen LogP contribution in [0.4, 0.5) is 4.79 Å². The molecule has 2 aromatic rings. The van der Waals surface area contributed by atoms with Gasteiger partial charge in [-0.25, -0.2) is 14.6 Å². The molecule has 0 bridgehead atoms. The highest BCUT2D eigenvalue weighted by atomic mass is 16.7. The van der Waals surface area contributed by atoms with Crippen molar-refractivity contribution in [3.05, 3.63) is 42.0 Å². The molecule has 14 nitrogen and oxygen atoms in total. The number of nitrogens with one attached hydrogen (secondary N) is 4. The number of methoxy groups -OCH3 is 2. The van der Waals surface area contributed by atoms with Crippen molar-refractivity contribution in [1.82, 2.24) is 25.9 Å². The lowest BCUT2D eigenvalue weighted by atomic mass is 10.0. The zero-order valence-electron chi connectivity index (χ0n) is 23.1. The van der Waals surface area contributed by atoms with E-state index in [1.807, 2.05) is 13.8 Å². The van der Waals surface area contributed by atoms with Gasteiger partial charge in [0, 0.05) is 23.9 Å². The van der Waals surface area contributed by atoms with Crippen LogP contribution in [-0.4, -0.2) is 79.3 Å². The standard InChI is InChI=1S/C26H35N5O9/c1-6-39-26(36)40-20-8-7-16(10-21(20)37-4)23(33)28-13-22(32)30-18(11-17-12-27-14-29-17)24(34)31-19(9-15(2)3)25(35)38-5/h7-8,10,12,14-15,18-19H,6,9,11,13H2,1-5H3,(H,27,29)(H,28,33)(H,30,32)(H,31,34)/t18-,19-/m0/s1. The molecule has 2 rings (SSSR count). The second kappa shape index (κ2) is 15.7. The highest BCUT2D eigenvalue weighted by Gasteiger charge is 2.28. The first kappa shape index (κ1) is 31.6. The Morgan fingerprint density at radius 2 is 1.77 bits per heavy atom. The number of hydrogen-bond donors (Lipinski definition) is 4. The van der Waals surface area contributed by atoms with Gasteiger partial charge in [0.25, 0.3) is 5.91 Å². The van der Waals surface area contributed by atoms with Crippen LogP contribution in [0.2, 0.25) is 0 Å². The first-order valence-corrected chi connectivity index (χ1v) is 12.5. The molecule has 0 spiro atoms. The van der Waals surface area contributed by atoms with E-state index in [1.54, 1.807) is 6.92 Å². The summed E-state index contributed by atoms with van der Waals surface area (Å²) in [5.41, 5.74) is 0.697. The number of ether oxygens (including phenoxy) is 4. The Hall–Kier alpha value is -4.62.